The van der Waals surface area contributed by atoms with Crippen molar-refractivity contribution in [1.82, 2.24) is 0 Å². The van der Waals surface area contributed by atoms with Gasteiger partial charge in [0.2, 0.25) is 0 Å². The number of Topliss-reactive ketones (excluding diaryl/α,β-unsaturated/α-hetero) is 1. The summed E-state index contributed by atoms with van der Waals surface area (Å²) in [6.45, 7) is 14.7. The summed E-state index contributed by atoms with van der Waals surface area (Å²) in [6, 6.07) is 0. The van der Waals surface area contributed by atoms with Gasteiger partial charge >= 0.3 is 0 Å². The average Bonchev–Trinajstić information content (AvgIpc) is 3.15. The van der Waals surface area contributed by atoms with Crippen LogP contribution in [0.5, 0.6) is 0 Å². The SMILES string of the molecule is CC[C@H](/C=C/[C@@H](C)[C@H]1CC[C@H]2C3=CC[C@@H]4CC(=O)CC[C@]4(C)[C@H]3C[C@@H](C)[C@@H]12)C(C)C. The molecule has 0 saturated heterocycles. The van der Waals surface area contributed by atoms with Crippen molar-refractivity contribution in [2.45, 2.75) is 92.9 Å². The summed E-state index contributed by atoms with van der Waals surface area (Å²) in [5.74, 6) is 7.41. The van der Waals surface area contributed by atoms with Crippen LogP contribution in [0.25, 0.3) is 0 Å². The smallest absolute Gasteiger partial charge is 0.133 e. The third-order valence-corrected chi connectivity index (χ3v) is 10.3. The van der Waals surface area contributed by atoms with E-state index in [9.17, 15) is 4.79 Å². The van der Waals surface area contributed by atoms with E-state index in [4.69, 9.17) is 0 Å². The molecule has 4 aliphatic rings. The molecule has 30 heavy (non-hydrogen) atoms. The Bertz CT molecular complexity index is 699. The van der Waals surface area contributed by atoms with Crippen molar-refractivity contribution in [2.24, 2.45) is 58.7 Å². The number of hydrogen-bond donors (Lipinski definition) is 0. The lowest BCUT2D eigenvalue weighted by molar-refractivity contribution is -0.127. The number of carbonyl (C=O) groups excluding carboxylic acids is 1. The number of hydrogen-bond acceptors (Lipinski definition) is 1. The van der Waals surface area contributed by atoms with Gasteiger partial charge in [-0.05, 0) is 97.2 Å². The van der Waals surface area contributed by atoms with Gasteiger partial charge in [0.15, 0.2) is 0 Å². The van der Waals surface area contributed by atoms with Gasteiger partial charge in [-0.15, -0.1) is 0 Å². The molecule has 0 aliphatic heterocycles. The Morgan fingerprint density at radius 3 is 2.67 bits per heavy atom. The Kier molecular flexibility index (Phi) is 6.40. The highest BCUT2D eigenvalue weighted by Gasteiger charge is 2.55. The molecule has 0 radical (unpaired) electrons. The van der Waals surface area contributed by atoms with Crippen molar-refractivity contribution in [3.63, 3.8) is 0 Å². The Morgan fingerprint density at radius 1 is 1.20 bits per heavy atom. The van der Waals surface area contributed by atoms with E-state index in [1.165, 1.54) is 32.1 Å². The summed E-state index contributed by atoms with van der Waals surface area (Å²) in [5.41, 5.74) is 2.21. The first-order valence-electron chi connectivity index (χ1n) is 13.2. The molecule has 4 rings (SSSR count). The van der Waals surface area contributed by atoms with Crippen LogP contribution in [0.15, 0.2) is 23.8 Å². The van der Waals surface area contributed by atoms with Crippen LogP contribution in [0.2, 0.25) is 0 Å². The highest BCUT2D eigenvalue weighted by atomic mass is 16.1. The Hall–Kier alpha value is -0.850. The summed E-state index contributed by atoms with van der Waals surface area (Å²) in [5, 5.41) is 0. The monoisotopic (exact) mass is 410 g/mol. The van der Waals surface area contributed by atoms with E-state index in [0.29, 0.717) is 23.0 Å². The molecule has 0 aromatic heterocycles. The maximum atomic E-state index is 12.1. The molecular formula is C29H46O. The lowest BCUT2D eigenvalue weighted by atomic mass is 9.49. The third-order valence-electron chi connectivity index (χ3n) is 10.3. The minimum absolute atomic E-state index is 0.381. The van der Waals surface area contributed by atoms with E-state index in [1.54, 1.807) is 0 Å². The molecule has 3 saturated carbocycles. The molecule has 4 aliphatic carbocycles. The highest BCUT2D eigenvalue weighted by molar-refractivity contribution is 5.79. The first-order chi connectivity index (χ1) is 14.3. The standard InChI is InChI=1S/C29H46O/c1-7-21(18(2)3)9-8-19(4)24-12-13-26-25-11-10-22-17-23(30)14-15-29(22,6)27(25)16-20(5)28(24)26/h8-9,11,18-22,24,26-28H,7,10,12-17H2,1-6H3/b9-8+/t19-,20-,21-,22-,24-,26+,27+,28+,29+/m1/s1. The van der Waals surface area contributed by atoms with Crippen molar-refractivity contribution in [3.8, 4) is 0 Å². The quantitative estimate of drug-likeness (QED) is 0.421. The van der Waals surface area contributed by atoms with Crippen LogP contribution >= 0.6 is 0 Å². The maximum Gasteiger partial charge on any atom is 0.133 e. The van der Waals surface area contributed by atoms with E-state index in [1.807, 2.05) is 5.57 Å². The zero-order valence-corrected chi connectivity index (χ0v) is 20.5. The topological polar surface area (TPSA) is 17.1 Å². The predicted molar refractivity (Wildman–Crippen MR) is 127 cm³/mol. The van der Waals surface area contributed by atoms with Gasteiger partial charge in [0.1, 0.15) is 5.78 Å². The lowest BCUT2D eigenvalue weighted by Crippen LogP contribution is -2.48. The number of carbonyl (C=O) groups is 1. The van der Waals surface area contributed by atoms with Crippen LogP contribution in [0.1, 0.15) is 92.9 Å². The molecule has 0 unspecified atom stereocenters. The second-order valence-corrected chi connectivity index (χ2v) is 12.1. The molecule has 0 aromatic carbocycles. The van der Waals surface area contributed by atoms with Crippen LogP contribution in [0.4, 0.5) is 0 Å². The van der Waals surface area contributed by atoms with Crippen LogP contribution < -0.4 is 0 Å². The van der Waals surface area contributed by atoms with Crippen molar-refractivity contribution in [2.75, 3.05) is 0 Å². The Balaban J connectivity index is 1.53. The summed E-state index contributed by atoms with van der Waals surface area (Å²) in [6.07, 6.45) is 17.2. The molecule has 0 heterocycles. The van der Waals surface area contributed by atoms with Crippen LogP contribution in [-0.2, 0) is 4.79 Å². The largest absolute Gasteiger partial charge is 0.300 e. The Labute approximate surface area is 186 Å². The van der Waals surface area contributed by atoms with Crippen LogP contribution in [0.3, 0.4) is 0 Å². The first-order valence-corrected chi connectivity index (χ1v) is 13.2. The molecule has 168 valence electrons. The zero-order valence-electron chi connectivity index (χ0n) is 20.5. The lowest BCUT2D eigenvalue weighted by Gasteiger charge is -2.56. The Morgan fingerprint density at radius 2 is 1.97 bits per heavy atom. The van der Waals surface area contributed by atoms with E-state index in [0.717, 1.165) is 60.7 Å². The van der Waals surface area contributed by atoms with E-state index < -0.39 is 0 Å². The highest BCUT2D eigenvalue weighted by Crippen LogP contribution is 2.63. The van der Waals surface area contributed by atoms with Gasteiger partial charge in [-0.1, -0.05) is 65.3 Å². The number of rotatable bonds is 5. The molecule has 0 amide bonds. The average molecular weight is 411 g/mol. The van der Waals surface area contributed by atoms with Crippen molar-refractivity contribution in [3.05, 3.63) is 23.8 Å². The summed E-state index contributed by atoms with van der Waals surface area (Å²) < 4.78 is 0. The summed E-state index contributed by atoms with van der Waals surface area (Å²) >= 11 is 0. The third kappa shape index (κ3) is 3.77. The van der Waals surface area contributed by atoms with Gasteiger partial charge in [0.05, 0.1) is 0 Å². The van der Waals surface area contributed by atoms with Gasteiger partial charge < -0.3 is 0 Å². The normalized spacial score (nSPS) is 43.2. The molecule has 1 nitrogen and oxygen atoms in total. The van der Waals surface area contributed by atoms with Gasteiger partial charge in [-0.2, -0.15) is 0 Å². The molecule has 9 atom stereocenters. The van der Waals surface area contributed by atoms with Crippen LogP contribution in [0, 0.1) is 58.7 Å². The number of fused-ring (bicyclic) bond motifs is 5. The molecule has 0 bridgehead atoms. The fourth-order valence-electron chi connectivity index (χ4n) is 8.35. The number of ketones is 1. The molecular weight excluding hydrogens is 364 g/mol. The first kappa shape index (κ1) is 22.3. The predicted octanol–water partition coefficient (Wildman–Crippen LogP) is 7.86. The second kappa shape index (κ2) is 8.59. The molecule has 3 fully saturated rings. The zero-order chi connectivity index (χ0) is 21.6. The second-order valence-electron chi connectivity index (χ2n) is 12.1. The van der Waals surface area contributed by atoms with E-state index >= 15 is 0 Å². The van der Waals surface area contributed by atoms with Crippen molar-refractivity contribution < 1.29 is 4.79 Å². The minimum atomic E-state index is 0.381. The van der Waals surface area contributed by atoms with Crippen molar-refractivity contribution >= 4 is 5.78 Å². The van der Waals surface area contributed by atoms with E-state index in [-0.39, 0.29) is 0 Å². The fraction of sp³-hybridized carbons (Fsp3) is 0.828. The summed E-state index contributed by atoms with van der Waals surface area (Å²) in [7, 11) is 0. The van der Waals surface area contributed by atoms with Gasteiger partial charge in [-0.25, -0.2) is 0 Å². The number of allylic oxidation sites excluding steroid dienone is 4. The molecule has 0 N–H and O–H groups in total. The van der Waals surface area contributed by atoms with Crippen molar-refractivity contribution in [1.29, 1.82) is 0 Å². The minimum Gasteiger partial charge on any atom is -0.300 e. The summed E-state index contributed by atoms with van der Waals surface area (Å²) in [4.78, 5) is 12.1. The van der Waals surface area contributed by atoms with Gasteiger partial charge in [-0.3, -0.25) is 4.79 Å². The van der Waals surface area contributed by atoms with E-state index in [2.05, 4.69) is 59.8 Å². The molecule has 1 heteroatoms. The van der Waals surface area contributed by atoms with Gasteiger partial charge in [0, 0.05) is 12.8 Å². The maximum absolute atomic E-state index is 12.1. The van der Waals surface area contributed by atoms with Gasteiger partial charge in [0.25, 0.3) is 0 Å². The van der Waals surface area contributed by atoms with Crippen LogP contribution in [-0.4, -0.2) is 5.78 Å². The molecule has 0 spiro atoms. The fourth-order valence-corrected chi connectivity index (χ4v) is 8.35. The molecule has 0 aromatic rings.